The van der Waals surface area contributed by atoms with Crippen molar-refractivity contribution in [2.75, 3.05) is 10.6 Å². The highest BCUT2D eigenvalue weighted by atomic mass is 32.2. The van der Waals surface area contributed by atoms with E-state index in [0.29, 0.717) is 11.5 Å². The Hall–Kier alpha value is -4.10. The first-order valence-corrected chi connectivity index (χ1v) is 10.6. The number of hydrogen-bond donors (Lipinski definition) is 2. The monoisotopic (exact) mass is 440 g/mol. The van der Waals surface area contributed by atoms with Crippen LogP contribution >= 0.6 is 11.8 Å². The lowest BCUT2D eigenvalue weighted by molar-refractivity contribution is -0.111. The van der Waals surface area contributed by atoms with E-state index >= 15 is 0 Å². The minimum atomic E-state index is -0.261. The Balaban J connectivity index is 1.40. The molecule has 4 aromatic rings. The van der Waals surface area contributed by atoms with Crippen LogP contribution in [-0.2, 0) is 4.79 Å². The van der Waals surface area contributed by atoms with Crippen molar-refractivity contribution in [3.05, 3.63) is 104 Å². The van der Waals surface area contributed by atoms with Crippen LogP contribution in [0.4, 0.5) is 17.2 Å². The molecule has 3 aromatic carbocycles. The molecule has 1 amide bonds. The molecular formula is C25H20N4O2S. The van der Waals surface area contributed by atoms with E-state index in [2.05, 4.69) is 27.2 Å². The lowest BCUT2D eigenvalue weighted by Crippen LogP contribution is -2.07. The topological polar surface area (TPSA) is 76.1 Å². The third-order valence-electron chi connectivity index (χ3n) is 4.25. The zero-order valence-electron chi connectivity index (χ0n) is 17.1. The molecule has 0 bridgehead atoms. The molecule has 1 heterocycles. The van der Waals surface area contributed by atoms with E-state index in [0.717, 1.165) is 27.1 Å². The highest BCUT2D eigenvalue weighted by molar-refractivity contribution is 7.99. The number of carbonyl (C=O) groups is 1. The summed E-state index contributed by atoms with van der Waals surface area (Å²) < 4.78 is 5.83. The van der Waals surface area contributed by atoms with E-state index in [-0.39, 0.29) is 5.91 Å². The van der Waals surface area contributed by atoms with Gasteiger partial charge < -0.3 is 15.4 Å². The summed E-state index contributed by atoms with van der Waals surface area (Å²) in [4.78, 5) is 21.2. The lowest BCUT2D eigenvalue weighted by Gasteiger charge is -2.09. The molecule has 0 spiro atoms. The van der Waals surface area contributed by atoms with Gasteiger partial charge in [-0.1, -0.05) is 42.6 Å². The molecule has 158 valence electrons. The van der Waals surface area contributed by atoms with Gasteiger partial charge in [-0.05, 0) is 60.7 Å². The van der Waals surface area contributed by atoms with Gasteiger partial charge in [0, 0.05) is 22.3 Å². The van der Waals surface area contributed by atoms with Gasteiger partial charge in [-0.2, -0.15) is 0 Å². The minimum Gasteiger partial charge on any atom is -0.457 e. The number of aromatic nitrogens is 2. The van der Waals surface area contributed by atoms with Crippen molar-refractivity contribution in [3.8, 4) is 11.5 Å². The summed E-state index contributed by atoms with van der Waals surface area (Å²) in [7, 11) is 0. The molecule has 0 radical (unpaired) electrons. The zero-order valence-corrected chi connectivity index (χ0v) is 17.9. The van der Waals surface area contributed by atoms with Gasteiger partial charge in [0.05, 0.1) is 0 Å². The number of carbonyl (C=O) groups excluding carboxylic acids is 1. The molecule has 6 nitrogen and oxygen atoms in total. The van der Waals surface area contributed by atoms with E-state index in [4.69, 9.17) is 4.74 Å². The minimum absolute atomic E-state index is 0.261. The van der Waals surface area contributed by atoms with Gasteiger partial charge in [0.15, 0.2) is 0 Å². The highest BCUT2D eigenvalue weighted by Crippen LogP contribution is 2.30. The van der Waals surface area contributed by atoms with Crippen molar-refractivity contribution in [3.63, 3.8) is 0 Å². The lowest BCUT2D eigenvalue weighted by atomic mass is 10.2. The Kier molecular flexibility index (Phi) is 6.79. The van der Waals surface area contributed by atoms with Crippen molar-refractivity contribution in [1.82, 2.24) is 9.97 Å². The van der Waals surface area contributed by atoms with E-state index in [1.807, 2.05) is 78.9 Å². The summed E-state index contributed by atoms with van der Waals surface area (Å²) in [6, 6.07) is 26.7. The number of nitrogens with one attached hydrogen (secondary N) is 2. The fraction of sp³-hybridized carbons (Fsp3) is 0. The second-order valence-corrected chi connectivity index (χ2v) is 7.72. The van der Waals surface area contributed by atoms with Crippen LogP contribution in [0.15, 0.2) is 114 Å². The van der Waals surface area contributed by atoms with Crippen molar-refractivity contribution in [1.29, 1.82) is 0 Å². The average Bonchev–Trinajstić information content (AvgIpc) is 2.81. The molecule has 32 heavy (non-hydrogen) atoms. The molecule has 0 unspecified atom stereocenters. The van der Waals surface area contributed by atoms with Gasteiger partial charge in [-0.25, -0.2) is 9.97 Å². The Morgan fingerprint density at radius 3 is 2.41 bits per heavy atom. The Morgan fingerprint density at radius 2 is 1.62 bits per heavy atom. The number of ether oxygens (including phenoxy) is 1. The molecule has 0 saturated heterocycles. The fourth-order valence-electron chi connectivity index (χ4n) is 2.80. The molecule has 2 N–H and O–H groups in total. The second kappa shape index (κ2) is 10.3. The molecular weight excluding hydrogens is 420 g/mol. The maximum atomic E-state index is 11.5. The van der Waals surface area contributed by atoms with Crippen LogP contribution in [-0.4, -0.2) is 15.9 Å². The number of rotatable bonds is 8. The first-order chi connectivity index (χ1) is 15.7. The maximum absolute atomic E-state index is 11.5. The van der Waals surface area contributed by atoms with Gasteiger partial charge in [-0.3, -0.25) is 4.79 Å². The second-order valence-electron chi connectivity index (χ2n) is 6.63. The molecule has 0 aliphatic heterocycles. The van der Waals surface area contributed by atoms with Gasteiger partial charge >= 0.3 is 0 Å². The van der Waals surface area contributed by atoms with Gasteiger partial charge in [-0.15, -0.1) is 0 Å². The van der Waals surface area contributed by atoms with Crippen LogP contribution in [0.3, 0.4) is 0 Å². The summed E-state index contributed by atoms with van der Waals surface area (Å²) in [5, 5.41) is 6.78. The van der Waals surface area contributed by atoms with Gasteiger partial charge in [0.2, 0.25) is 5.91 Å². The van der Waals surface area contributed by atoms with Crippen LogP contribution in [0.5, 0.6) is 11.5 Å². The van der Waals surface area contributed by atoms with Crippen molar-refractivity contribution in [2.45, 2.75) is 9.92 Å². The summed E-state index contributed by atoms with van der Waals surface area (Å²) in [5.41, 5.74) is 1.46. The van der Waals surface area contributed by atoms with Crippen molar-refractivity contribution in [2.24, 2.45) is 0 Å². The van der Waals surface area contributed by atoms with Crippen LogP contribution in [0.1, 0.15) is 0 Å². The summed E-state index contributed by atoms with van der Waals surface area (Å²) in [6.45, 7) is 3.46. The first kappa shape index (κ1) is 21.1. The van der Waals surface area contributed by atoms with Gasteiger partial charge in [0.1, 0.15) is 28.7 Å². The zero-order chi connectivity index (χ0) is 22.2. The smallest absolute Gasteiger partial charge is 0.247 e. The average molecular weight is 441 g/mol. The number of anilines is 3. The molecule has 4 rings (SSSR count). The molecule has 0 saturated carbocycles. The predicted octanol–water partition coefficient (Wildman–Crippen LogP) is 6.29. The molecule has 1 aromatic heterocycles. The number of hydrogen-bond acceptors (Lipinski definition) is 6. The van der Waals surface area contributed by atoms with Crippen molar-refractivity contribution < 1.29 is 9.53 Å². The summed E-state index contributed by atoms with van der Waals surface area (Å²) >= 11 is 1.53. The SMILES string of the molecule is C=CC(=O)Nc1cccc(Nc2cc(Sc3ccc(Oc4ccccc4)cc3)ncn2)c1. The van der Waals surface area contributed by atoms with Crippen LogP contribution in [0.2, 0.25) is 0 Å². The molecule has 0 atom stereocenters. The maximum Gasteiger partial charge on any atom is 0.247 e. The highest BCUT2D eigenvalue weighted by Gasteiger charge is 2.05. The third-order valence-corrected chi connectivity index (χ3v) is 5.20. The normalized spacial score (nSPS) is 10.2. The van der Waals surface area contributed by atoms with E-state index in [1.165, 1.54) is 24.2 Å². The third kappa shape index (κ3) is 5.96. The predicted molar refractivity (Wildman–Crippen MR) is 128 cm³/mol. The van der Waals surface area contributed by atoms with E-state index in [1.54, 1.807) is 6.07 Å². The molecule has 0 aliphatic rings. The standard InChI is InChI=1S/C25H20N4O2S/c1-2-24(30)29-19-8-6-7-18(15-19)28-23-16-25(27-17-26-23)32-22-13-11-21(12-14-22)31-20-9-4-3-5-10-20/h2-17H,1H2,(H,29,30)(H,26,27,28). The Morgan fingerprint density at radius 1 is 0.875 bits per heavy atom. The van der Waals surface area contributed by atoms with Crippen molar-refractivity contribution >= 4 is 34.9 Å². The first-order valence-electron chi connectivity index (χ1n) is 9.81. The largest absolute Gasteiger partial charge is 0.457 e. The quantitative estimate of drug-likeness (QED) is 0.248. The van der Waals surface area contributed by atoms with Crippen LogP contribution in [0, 0.1) is 0 Å². The number of nitrogens with zero attached hydrogens (tertiary/aromatic N) is 2. The molecule has 7 heteroatoms. The van der Waals surface area contributed by atoms with Gasteiger partial charge in [0.25, 0.3) is 0 Å². The summed E-state index contributed by atoms with van der Waals surface area (Å²) in [6.07, 6.45) is 2.75. The number of amides is 1. The van der Waals surface area contributed by atoms with Crippen LogP contribution in [0.25, 0.3) is 0 Å². The van der Waals surface area contributed by atoms with E-state index in [9.17, 15) is 4.79 Å². The fourth-order valence-corrected chi connectivity index (χ4v) is 3.58. The number of benzene rings is 3. The number of para-hydroxylation sites is 1. The van der Waals surface area contributed by atoms with E-state index < -0.39 is 0 Å². The Bertz CT molecular complexity index is 1210. The van der Waals surface area contributed by atoms with Crippen LogP contribution < -0.4 is 15.4 Å². The summed E-state index contributed by atoms with van der Waals surface area (Å²) in [5.74, 6) is 1.96. The molecule has 0 fully saturated rings. The Labute approximate surface area is 190 Å². The molecule has 0 aliphatic carbocycles.